The van der Waals surface area contributed by atoms with Gasteiger partial charge in [0.05, 0.1) is 11.5 Å². The molecule has 0 bridgehead atoms. The Bertz CT molecular complexity index is 1160. The highest BCUT2D eigenvalue weighted by Crippen LogP contribution is 2.40. The lowest BCUT2D eigenvalue weighted by Crippen LogP contribution is -2.67. The Balaban J connectivity index is 1.53. The van der Waals surface area contributed by atoms with Crippen LogP contribution in [-0.2, 0) is 18.7 Å². The molecule has 186 valence electrons. The first kappa shape index (κ1) is 25.8. The summed E-state index contributed by atoms with van der Waals surface area (Å²) in [6, 6.07) is 28.1. The lowest BCUT2D eigenvalue weighted by molar-refractivity contribution is 0.179. The molecule has 1 fully saturated rings. The molecule has 0 heterocycles. The van der Waals surface area contributed by atoms with Gasteiger partial charge in [-0.3, -0.25) is 4.18 Å². The van der Waals surface area contributed by atoms with Crippen molar-refractivity contribution in [1.29, 1.82) is 0 Å². The predicted octanol–water partition coefficient (Wildman–Crippen LogP) is 5.45. The van der Waals surface area contributed by atoms with Crippen LogP contribution < -0.4 is 10.4 Å². The van der Waals surface area contributed by atoms with Crippen LogP contribution in [0.2, 0.25) is 5.04 Å². The summed E-state index contributed by atoms with van der Waals surface area (Å²) in [6.45, 7) is 8.97. The summed E-state index contributed by atoms with van der Waals surface area (Å²) in [5.41, 5.74) is 1.02. The van der Waals surface area contributed by atoms with Crippen LogP contribution in [0.25, 0.3) is 0 Å². The van der Waals surface area contributed by atoms with Gasteiger partial charge in [-0.05, 0) is 59.6 Å². The van der Waals surface area contributed by atoms with E-state index in [0.29, 0.717) is 0 Å². The zero-order chi connectivity index (χ0) is 25.1. The number of aryl methyl sites for hydroxylation is 1. The van der Waals surface area contributed by atoms with Gasteiger partial charge in [0.25, 0.3) is 18.4 Å². The molecule has 0 radical (unpaired) electrons. The van der Waals surface area contributed by atoms with E-state index >= 15 is 0 Å². The molecule has 4 rings (SSSR count). The highest BCUT2D eigenvalue weighted by Gasteiger charge is 2.52. The van der Waals surface area contributed by atoms with E-state index in [2.05, 4.69) is 69.3 Å². The maximum absolute atomic E-state index is 12.7. The number of hydrogen-bond acceptors (Lipinski definition) is 4. The van der Waals surface area contributed by atoms with Gasteiger partial charge in [0.15, 0.2) is 0 Å². The zero-order valence-corrected chi connectivity index (χ0v) is 22.9. The van der Waals surface area contributed by atoms with Crippen molar-refractivity contribution in [2.45, 2.75) is 63.0 Å². The van der Waals surface area contributed by atoms with Crippen LogP contribution in [0.1, 0.15) is 45.6 Å². The molecule has 1 aliphatic carbocycles. The quantitative estimate of drug-likeness (QED) is 0.300. The van der Waals surface area contributed by atoms with Crippen molar-refractivity contribution >= 4 is 28.8 Å². The molecule has 3 aromatic carbocycles. The largest absolute Gasteiger partial charge is 0.404 e. The lowest BCUT2D eigenvalue weighted by Gasteiger charge is -2.44. The average Bonchev–Trinajstić information content (AvgIpc) is 3.29. The molecule has 0 unspecified atom stereocenters. The van der Waals surface area contributed by atoms with Crippen molar-refractivity contribution in [3.63, 3.8) is 0 Å². The van der Waals surface area contributed by atoms with E-state index in [4.69, 9.17) is 8.61 Å². The van der Waals surface area contributed by atoms with E-state index in [9.17, 15) is 8.42 Å². The Morgan fingerprint density at radius 2 is 1.37 bits per heavy atom. The summed E-state index contributed by atoms with van der Waals surface area (Å²) in [4.78, 5) is 0.209. The lowest BCUT2D eigenvalue weighted by atomic mass is 10.1. The molecular formula is C29H36O4SSi. The van der Waals surface area contributed by atoms with Crippen LogP contribution >= 0.6 is 0 Å². The highest BCUT2D eigenvalue weighted by molar-refractivity contribution is 7.86. The van der Waals surface area contributed by atoms with Crippen molar-refractivity contribution in [3.05, 3.63) is 90.5 Å². The maximum atomic E-state index is 12.7. The van der Waals surface area contributed by atoms with Crippen LogP contribution in [-0.4, -0.2) is 29.4 Å². The summed E-state index contributed by atoms with van der Waals surface area (Å²) in [6.07, 6.45) is 2.67. The Labute approximate surface area is 211 Å². The second kappa shape index (κ2) is 10.4. The Hall–Kier alpha value is -2.25. The zero-order valence-electron chi connectivity index (χ0n) is 21.1. The summed E-state index contributed by atoms with van der Waals surface area (Å²) in [7, 11) is -6.38. The molecular weight excluding hydrogens is 472 g/mol. The molecule has 1 aliphatic rings. The predicted molar refractivity (Wildman–Crippen MR) is 144 cm³/mol. The van der Waals surface area contributed by atoms with Gasteiger partial charge >= 0.3 is 0 Å². The van der Waals surface area contributed by atoms with E-state index in [1.807, 2.05) is 19.1 Å². The minimum absolute atomic E-state index is 0.0667. The molecule has 0 spiro atoms. The average molecular weight is 509 g/mol. The molecule has 1 saturated carbocycles. The van der Waals surface area contributed by atoms with E-state index in [0.717, 1.165) is 24.8 Å². The molecule has 2 atom stereocenters. The summed E-state index contributed by atoms with van der Waals surface area (Å²) >= 11 is 0. The van der Waals surface area contributed by atoms with Crippen LogP contribution in [0.5, 0.6) is 0 Å². The second-order valence-electron chi connectivity index (χ2n) is 10.6. The van der Waals surface area contributed by atoms with Crippen LogP contribution in [0.4, 0.5) is 0 Å². The maximum Gasteiger partial charge on any atom is 0.296 e. The fourth-order valence-electron chi connectivity index (χ4n) is 5.19. The smallest absolute Gasteiger partial charge is 0.296 e. The fraction of sp³-hybridized carbons (Fsp3) is 0.379. The minimum Gasteiger partial charge on any atom is -0.404 e. The Morgan fingerprint density at radius 1 is 0.829 bits per heavy atom. The van der Waals surface area contributed by atoms with Gasteiger partial charge in [0, 0.05) is 6.10 Å². The van der Waals surface area contributed by atoms with Crippen LogP contribution in [0.15, 0.2) is 89.8 Å². The molecule has 0 aliphatic heterocycles. The van der Waals surface area contributed by atoms with Crippen molar-refractivity contribution < 1.29 is 17.0 Å². The van der Waals surface area contributed by atoms with Gasteiger partial charge in [-0.15, -0.1) is 0 Å². The van der Waals surface area contributed by atoms with Gasteiger partial charge in [-0.1, -0.05) is 99.1 Å². The molecule has 6 heteroatoms. The topological polar surface area (TPSA) is 52.6 Å². The fourth-order valence-corrected chi connectivity index (χ4v) is 10.9. The monoisotopic (exact) mass is 508 g/mol. The van der Waals surface area contributed by atoms with Gasteiger partial charge in [0.1, 0.15) is 0 Å². The van der Waals surface area contributed by atoms with E-state index in [1.54, 1.807) is 24.3 Å². The van der Waals surface area contributed by atoms with E-state index in [-0.39, 0.29) is 28.6 Å². The summed E-state index contributed by atoms with van der Waals surface area (Å²) in [5.74, 6) is 0.151. The standard InChI is InChI=1S/C29H36O4SSi/c1-23-15-19-26(20-16-23)34(30,31)32-22-24-17-18-25(21-24)33-35(29(2,3)4,27-11-7-5-8-12-27)28-13-9-6-10-14-28/h5-16,19-20,24-25H,17-18,21-22H2,1-4H3/t24-,25+/m1/s1. The van der Waals surface area contributed by atoms with Crippen molar-refractivity contribution in [1.82, 2.24) is 0 Å². The second-order valence-corrected chi connectivity index (χ2v) is 16.5. The first-order chi connectivity index (χ1) is 16.6. The SMILES string of the molecule is Cc1ccc(S(=O)(=O)OC[C@@H]2CC[C@H](O[Si](c3ccccc3)(c3ccccc3)C(C)(C)C)C2)cc1. The third-order valence-electron chi connectivity index (χ3n) is 7.02. The van der Waals surface area contributed by atoms with Gasteiger partial charge in [0.2, 0.25) is 0 Å². The normalized spacial score (nSPS) is 19.1. The highest BCUT2D eigenvalue weighted by atomic mass is 32.2. The van der Waals surface area contributed by atoms with Crippen molar-refractivity contribution in [3.8, 4) is 0 Å². The van der Waals surface area contributed by atoms with Crippen molar-refractivity contribution in [2.24, 2.45) is 5.92 Å². The summed E-state index contributed by atoms with van der Waals surface area (Å²) in [5, 5.41) is 2.44. The Kier molecular flexibility index (Phi) is 7.67. The first-order valence-electron chi connectivity index (χ1n) is 12.4. The molecule has 0 aromatic heterocycles. The van der Waals surface area contributed by atoms with E-state index in [1.165, 1.54) is 10.4 Å². The van der Waals surface area contributed by atoms with Crippen LogP contribution in [0.3, 0.4) is 0 Å². The Morgan fingerprint density at radius 3 is 1.89 bits per heavy atom. The minimum atomic E-state index is -3.76. The molecule has 0 amide bonds. The molecule has 35 heavy (non-hydrogen) atoms. The van der Waals surface area contributed by atoms with E-state index < -0.39 is 18.4 Å². The summed E-state index contributed by atoms with van der Waals surface area (Å²) < 4.78 is 38.0. The van der Waals surface area contributed by atoms with Crippen molar-refractivity contribution in [2.75, 3.05) is 6.61 Å². The number of benzene rings is 3. The third kappa shape index (κ3) is 5.61. The van der Waals surface area contributed by atoms with Gasteiger partial charge in [-0.25, -0.2) is 0 Å². The molecule has 0 saturated heterocycles. The van der Waals surface area contributed by atoms with Gasteiger partial charge in [-0.2, -0.15) is 8.42 Å². The van der Waals surface area contributed by atoms with Crippen LogP contribution in [0, 0.1) is 12.8 Å². The number of hydrogen-bond donors (Lipinski definition) is 0. The third-order valence-corrected chi connectivity index (χ3v) is 13.4. The molecule has 3 aromatic rings. The molecule has 4 nitrogen and oxygen atoms in total. The van der Waals surface area contributed by atoms with Gasteiger partial charge < -0.3 is 4.43 Å². The number of rotatable bonds is 8. The first-order valence-corrected chi connectivity index (χ1v) is 15.7. The molecule has 0 N–H and O–H groups in total.